The Labute approximate surface area is 105 Å². The van der Waals surface area contributed by atoms with Crippen LogP contribution in [0.25, 0.3) is 0 Å². The molecule has 1 aromatic heterocycles. The summed E-state index contributed by atoms with van der Waals surface area (Å²) in [5.41, 5.74) is 6.67. The first-order valence-corrected chi connectivity index (χ1v) is 6.42. The van der Waals surface area contributed by atoms with Crippen LogP contribution in [-0.2, 0) is 6.54 Å². The van der Waals surface area contributed by atoms with Crippen molar-refractivity contribution < 1.29 is 0 Å². The van der Waals surface area contributed by atoms with E-state index in [1.807, 2.05) is 6.20 Å². The van der Waals surface area contributed by atoms with Crippen molar-refractivity contribution in [1.29, 1.82) is 0 Å². The monoisotopic (exact) mass is 235 g/mol. The SMILES string of the molecule is CC(C)CN(CC(C)C)c1ccc(CN)cn1. The first kappa shape index (κ1) is 14.0. The van der Waals surface area contributed by atoms with Gasteiger partial charge in [0.25, 0.3) is 0 Å². The van der Waals surface area contributed by atoms with Gasteiger partial charge in [0.15, 0.2) is 0 Å². The molecule has 1 aromatic rings. The summed E-state index contributed by atoms with van der Waals surface area (Å²) in [6.07, 6.45) is 1.88. The molecule has 3 heteroatoms. The molecular weight excluding hydrogens is 210 g/mol. The molecule has 2 N–H and O–H groups in total. The van der Waals surface area contributed by atoms with Gasteiger partial charge in [-0.1, -0.05) is 33.8 Å². The first-order valence-electron chi connectivity index (χ1n) is 6.42. The fraction of sp³-hybridized carbons (Fsp3) is 0.643. The largest absolute Gasteiger partial charge is 0.356 e. The average molecular weight is 235 g/mol. The van der Waals surface area contributed by atoms with Crippen LogP contribution >= 0.6 is 0 Å². The van der Waals surface area contributed by atoms with Crippen molar-refractivity contribution in [3.63, 3.8) is 0 Å². The summed E-state index contributed by atoms with van der Waals surface area (Å²) >= 11 is 0. The topological polar surface area (TPSA) is 42.1 Å². The van der Waals surface area contributed by atoms with E-state index in [0.29, 0.717) is 18.4 Å². The van der Waals surface area contributed by atoms with Crippen LogP contribution in [0.3, 0.4) is 0 Å². The van der Waals surface area contributed by atoms with Crippen molar-refractivity contribution in [2.45, 2.75) is 34.2 Å². The maximum atomic E-state index is 5.58. The van der Waals surface area contributed by atoms with Gasteiger partial charge < -0.3 is 10.6 Å². The van der Waals surface area contributed by atoms with Gasteiger partial charge in [-0.05, 0) is 23.5 Å². The molecule has 0 atom stereocenters. The molecule has 3 nitrogen and oxygen atoms in total. The van der Waals surface area contributed by atoms with E-state index in [0.717, 1.165) is 24.5 Å². The molecule has 0 amide bonds. The highest BCUT2D eigenvalue weighted by atomic mass is 15.2. The summed E-state index contributed by atoms with van der Waals surface area (Å²) in [7, 11) is 0. The molecule has 0 bridgehead atoms. The summed E-state index contributed by atoms with van der Waals surface area (Å²) < 4.78 is 0. The minimum atomic E-state index is 0.557. The van der Waals surface area contributed by atoms with Gasteiger partial charge >= 0.3 is 0 Å². The van der Waals surface area contributed by atoms with Crippen LogP contribution in [0.1, 0.15) is 33.3 Å². The van der Waals surface area contributed by atoms with E-state index in [9.17, 15) is 0 Å². The molecule has 1 rings (SSSR count). The van der Waals surface area contributed by atoms with E-state index >= 15 is 0 Å². The van der Waals surface area contributed by atoms with Crippen molar-refractivity contribution in [2.24, 2.45) is 17.6 Å². The number of hydrogen-bond donors (Lipinski definition) is 1. The Morgan fingerprint density at radius 1 is 1.12 bits per heavy atom. The van der Waals surface area contributed by atoms with Gasteiger partial charge in [0.2, 0.25) is 0 Å². The average Bonchev–Trinajstić information content (AvgIpc) is 2.27. The van der Waals surface area contributed by atoms with Crippen molar-refractivity contribution in [2.75, 3.05) is 18.0 Å². The number of rotatable bonds is 6. The van der Waals surface area contributed by atoms with Gasteiger partial charge in [-0.2, -0.15) is 0 Å². The van der Waals surface area contributed by atoms with Crippen molar-refractivity contribution in [3.8, 4) is 0 Å². The Bertz CT molecular complexity index is 307. The predicted molar refractivity (Wildman–Crippen MR) is 74.0 cm³/mol. The summed E-state index contributed by atoms with van der Waals surface area (Å²) in [5.74, 6) is 2.35. The highest BCUT2D eigenvalue weighted by Gasteiger charge is 2.11. The zero-order valence-corrected chi connectivity index (χ0v) is 11.5. The number of hydrogen-bond acceptors (Lipinski definition) is 3. The van der Waals surface area contributed by atoms with Crippen LogP contribution in [0.4, 0.5) is 5.82 Å². The van der Waals surface area contributed by atoms with Crippen LogP contribution in [0.5, 0.6) is 0 Å². The number of pyridine rings is 1. The number of anilines is 1. The second-order valence-corrected chi connectivity index (χ2v) is 5.42. The molecule has 0 aliphatic rings. The Morgan fingerprint density at radius 2 is 1.71 bits per heavy atom. The second-order valence-electron chi connectivity index (χ2n) is 5.42. The Kier molecular flexibility index (Phi) is 5.42. The summed E-state index contributed by atoms with van der Waals surface area (Å²) in [6, 6.07) is 4.14. The molecular formula is C14H25N3. The smallest absolute Gasteiger partial charge is 0.128 e. The van der Waals surface area contributed by atoms with E-state index in [1.54, 1.807) is 0 Å². The first-order chi connectivity index (χ1) is 8.02. The van der Waals surface area contributed by atoms with Crippen molar-refractivity contribution in [3.05, 3.63) is 23.9 Å². The molecule has 0 aliphatic heterocycles. The summed E-state index contributed by atoms with van der Waals surface area (Å²) in [4.78, 5) is 6.86. The molecule has 0 saturated heterocycles. The number of nitrogens with zero attached hydrogens (tertiary/aromatic N) is 2. The Hall–Kier alpha value is -1.09. The third kappa shape index (κ3) is 4.73. The highest BCUT2D eigenvalue weighted by Crippen LogP contribution is 2.15. The lowest BCUT2D eigenvalue weighted by Gasteiger charge is -2.27. The predicted octanol–water partition coefficient (Wildman–Crippen LogP) is 2.66. The van der Waals surface area contributed by atoms with Gasteiger partial charge in [0, 0.05) is 25.8 Å². The van der Waals surface area contributed by atoms with E-state index in [1.165, 1.54) is 0 Å². The molecule has 0 unspecified atom stereocenters. The van der Waals surface area contributed by atoms with Crippen LogP contribution < -0.4 is 10.6 Å². The van der Waals surface area contributed by atoms with Gasteiger partial charge in [0.05, 0.1) is 0 Å². The zero-order chi connectivity index (χ0) is 12.8. The molecule has 0 fully saturated rings. The number of nitrogens with two attached hydrogens (primary N) is 1. The maximum absolute atomic E-state index is 5.58. The Morgan fingerprint density at radius 3 is 2.06 bits per heavy atom. The number of aromatic nitrogens is 1. The molecule has 0 saturated carbocycles. The lowest BCUT2D eigenvalue weighted by Crippen LogP contribution is -2.32. The van der Waals surface area contributed by atoms with E-state index < -0.39 is 0 Å². The van der Waals surface area contributed by atoms with Crippen LogP contribution in [-0.4, -0.2) is 18.1 Å². The van der Waals surface area contributed by atoms with E-state index in [4.69, 9.17) is 5.73 Å². The van der Waals surface area contributed by atoms with Gasteiger partial charge in [0.1, 0.15) is 5.82 Å². The third-order valence-electron chi connectivity index (χ3n) is 2.54. The fourth-order valence-corrected chi connectivity index (χ4v) is 1.87. The minimum absolute atomic E-state index is 0.557. The quantitative estimate of drug-likeness (QED) is 0.824. The van der Waals surface area contributed by atoms with E-state index in [-0.39, 0.29) is 0 Å². The lowest BCUT2D eigenvalue weighted by atomic mass is 10.1. The van der Waals surface area contributed by atoms with Crippen LogP contribution in [0, 0.1) is 11.8 Å². The lowest BCUT2D eigenvalue weighted by molar-refractivity contribution is 0.548. The van der Waals surface area contributed by atoms with Crippen LogP contribution in [0.15, 0.2) is 18.3 Å². The molecule has 0 radical (unpaired) electrons. The van der Waals surface area contributed by atoms with Gasteiger partial charge in [-0.25, -0.2) is 4.98 Å². The standard InChI is InChI=1S/C14H25N3/c1-11(2)9-17(10-12(3)4)14-6-5-13(7-15)8-16-14/h5-6,8,11-12H,7,9-10,15H2,1-4H3. The third-order valence-corrected chi connectivity index (χ3v) is 2.54. The highest BCUT2D eigenvalue weighted by molar-refractivity contribution is 5.39. The summed E-state index contributed by atoms with van der Waals surface area (Å²) in [5, 5.41) is 0. The molecule has 0 aromatic carbocycles. The molecule has 96 valence electrons. The molecule has 0 aliphatic carbocycles. The molecule has 17 heavy (non-hydrogen) atoms. The zero-order valence-electron chi connectivity index (χ0n) is 11.5. The van der Waals surface area contributed by atoms with Crippen LogP contribution in [0.2, 0.25) is 0 Å². The maximum Gasteiger partial charge on any atom is 0.128 e. The second kappa shape index (κ2) is 6.60. The normalized spacial score (nSPS) is 11.2. The van der Waals surface area contributed by atoms with Gasteiger partial charge in [-0.3, -0.25) is 0 Å². The molecule has 1 heterocycles. The fourth-order valence-electron chi connectivity index (χ4n) is 1.87. The van der Waals surface area contributed by atoms with Gasteiger partial charge in [-0.15, -0.1) is 0 Å². The summed E-state index contributed by atoms with van der Waals surface area (Å²) in [6.45, 7) is 11.6. The minimum Gasteiger partial charge on any atom is -0.356 e. The van der Waals surface area contributed by atoms with Crippen molar-refractivity contribution >= 4 is 5.82 Å². The van der Waals surface area contributed by atoms with E-state index in [2.05, 4.69) is 49.7 Å². The molecule has 0 spiro atoms. The van der Waals surface area contributed by atoms with Crippen molar-refractivity contribution in [1.82, 2.24) is 4.98 Å². The Balaban J connectivity index is 2.79.